The van der Waals surface area contributed by atoms with Crippen LogP contribution in [0.5, 0.6) is 0 Å². The first kappa shape index (κ1) is 23.3. The molecule has 33 heavy (non-hydrogen) atoms. The smallest absolute Gasteiger partial charge is 0.255 e. The maximum Gasteiger partial charge on any atom is 0.255 e. The van der Waals surface area contributed by atoms with Gasteiger partial charge in [0.25, 0.3) is 5.91 Å². The highest BCUT2D eigenvalue weighted by Crippen LogP contribution is 2.27. The van der Waals surface area contributed by atoms with E-state index in [2.05, 4.69) is 5.16 Å². The summed E-state index contributed by atoms with van der Waals surface area (Å²) >= 11 is 1.53. The van der Waals surface area contributed by atoms with Crippen molar-refractivity contribution in [3.63, 3.8) is 0 Å². The molecule has 0 N–H and O–H groups in total. The molecule has 0 spiro atoms. The first-order valence-corrected chi connectivity index (χ1v) is 13.1. The number of aryl methyl sites for hydroxylation is 1. The Morgan fingerprint density at radius 2 is 1.76 bits per heavy atom. The molecule has 0 bridgehead atoms. The minimum Gasteiger partial charge on any atom is -0.361 e. The van der Waals surface area contributed by atoms with Gasteiger partial charge in [0.2, 0.25) is 10.0 Å². The van der Waals surface area contributed by atoms with Crippen molar-refractivity contribution < 1.29 is 17.7 Å². The van der Waals surface area contributed by atoms with Crippen LogP contribution in [0.3, 0.4) is 0 Å². The quantitative estimate of drug-likeness (QED) is 0.472. The summed E-state index contributed by atoms with van der Waals surface area (Å²) < 4.78 is 31.9. The molecule has 1 fully saturated rings. The summed E-state index contributed by atoms with van der Waals surface area (Å²) in [6.07, 6.45) is 1.59. The number of hydrogen-bond donors (Lipinski definition) is 0. The normalized spacial score (nSPS) is 15.2. The van der Waals surface area contributed by atoms with Crippen LogP contribution in [0.4, 0.5) is 0 Å². The second-order valence-corrected chi connectivity index (χ2v) is 10.5. The zero-order valence-electron chi connectivity index (χ0n) is 18.3. The van der Waals surface area contributed by atoms with Gasteiger partial charge in [-0.3, -0.25) is 4.79 Å². The van der Waals surface area contributed by atoms with E-state index in [4.69, 9.17) is 4.52 Å². The lowest BCUT2D eigenvalue weighted by Gasteiger charge is -2.33. The fraction of sp³-hybridized carbons (Fsp3) is 0.250. The zero-order valence-corrected chi connectivity index (χ0v) is 19.9. The number of rotatable bonds is 7. The SMILES string of the molecule is Cc1cc(CSc2ccccc2C(=O)N2CCN(S(=O)(=O)/C=C/c3ccccc3)CC2)no1. The summed E-state index contributed by atoms with van der Waals surface area (Å²) in [4.78, 5) is 15.8. The molecule has 0 atom stereocenters. The Morgan fingerprint density at radius 1 is 1.06 bits per heavy atom. The van der Waals surface area contributed by atoms with Crippen LogP contribution in [-0.4, -0.2) is 54.9 Å². The molecule has 172 valence electrons. The number of amides is 1. The second-order valence-electron chi connectivity index (χ2n) is 7.66. The maximum atomic E-state index is 13.2. The Bertz CT molecular complexity index is 1230. The number of carbonyl (C=O) groups excluding carboxylic acids is 1. The first-order valence-electron chi connectivity index (χ1n) is 10.6. The largest absolute Gasteiger partial charge is 0.361 e. The molecule has 0 saturated carbocycles. The molecule has 7 nitrogen and oxygen atoms in total. The number of hydrogen-bond acceptors (Lipinski definition) is 6. The highest BCUT2D eigenvalue weighted by Gasteiger charge is 2.28. The lowest BCUT2D eigenvalue weighted by Crippen LogP contribution is -2.50. The van der Waals surface area contributed by atoms with Crippen LogP contribution in [0.2, 0.25) is 0 Å². The topological polar surface area (TPSA) is 83.7 Å². The summed E-state index contributed by atoms with van der Waals surface area (Å²) in [5.41, 5.74) is 2.26. The Hall–Kier alpha value is -2.88. The number of nitrogens with zero attached hydrogens (tertiary/aromatic N) is 3. The number of benzene rings is 2. The van der Waals surface area contributed by atoms with Crippen molar-refractivity contribution in [1.82, 2.24) is 14.4 Å². The summed E-state index contributed by atoms with van der Waals surface area (Å²) in [5.74, 6) is 1.26. The van der Waals surface area contributed by atoms with Crippen LogP contribution >= 0.6 is 11.8 Å². The minimum atomic E-state index is -3.55. The third kappa shape index (κ3) is 5.93. The van der Waals surface area contributed by atoms with E-state index in [-0.39, 0.29) is 19.0 Å². The van der Waals surface area contributed by atoms with Gasteiger partial charge in [-0.1, -0.05) is 47.6 Å². The van der Waals surface area contributed by atoms with Gasteiger partial charge >= 0.3 is 0 Å². The third-order valence-corrected chi connectivity index (χ3v) is 7.96. The molecule has 1 aliphatic heterocycles. The Balaban J connectivity index is 1.38. The fourth-order valence-corrected chi connectivity index (χ4v) is 5.64. The van der Waals surface area contributed by atoms with Gasteiger partial charge in [0.1, 0.15) is 5.76 Å². The van der Waals surface area contributed by atoms with Crippen molar-refractivity contribution in [1.29, 1.82) is 0 Å². The molecule has 0 aliphatic carbocycles. The molecule has 1 saturated heterocycles. The highest BCUT2D eigenvalue weighted by molar-refractivity contribution is 7.98. The second kappa shape index (κ2) is 10.4. The van der Waals surface area contributed by atoms with Gasteiger partial charge in [0.05, 0.1) is 11.3 Å². The molecule has 1 aromatic heterocycles. The molecule has 3 aromatic rings. The molecule has 4 rings (SSSR count). The van der Waals surface area contributed by atoms with Gasteiger partial charge in [-0.05, 0) is 30.7 Å². The van der Waals surface area contributed by atoms with Gasteiger partial charge in [0.15, 0.2) is 0 Å². The molecule has 2 aromatic carbocycles. The summed E-state index contributed by atoms with van der Waals surface area (Å²) in [6, 6.07) is 18.6. The van der Waals surface area contributed by atoms with Crippen LogP contribution in [-0.2, 0) is 15.8 Å². The molecular weight excluding hydrogens is 458 g/mol. The third-order valence-electron chi connectivity index (χ3n) is 5.29. The highest BCUT2D eigenvalue weighted by atomic mass is 32.2. The first-order chi connectivity index (χ1) is 15.9. The van der Waals surface area contributed by atoms with E-state index in [1.165, 1.54) is 21.5 Å². The van der Waals surface area contributed by atoms with Crippen molar-refractivity contribution in [2.75, 3.05) is 26.2 Å². The van der Waals surface area contributed by atoms with E-state index < -0.39 is 10.0 Å². The number of thioether (sulfide) groups is 1. The van der Waals surface area contributed by atoms with E-state index in [1.54, 1.807) is 11.0 Å². The monoisotopic (exact) mass is 483 g/mol. The molecule has 1 amide bonds. The van der Waals surface area contributed by atoms with Crippen LogP contribution in [0.1, 0.15) is 27.4 Å². The zero-order chi connectivity index (χ0) is 23.3. The molecule has 0 unspecified atom stereocenters. The fourth-order valence-electron chi connectivity index (χ4n) is 3.54. The number of carbonyl (C=O) groups is 1. The summed E-state index contributed by atoms with van der Waals surface area (Å²) in [5, 5.41) is 5.24. The maximum absolute atomic E-state index is 13.2. The van der Waals surface area contributed by atoms with E-state index >= 15 is 0 Å². The van der Waals surface area contributed by atoms with Gasteiger partial charge in [0, 0.05) is 48.3 Å². The van der Waals surface area contributed by atoms with Crippen LogP contribution < -0.4 is 0 Å². The van der Waals surface area contributed by atoms with Crippen molar-refractivity contribution in [2.45, 2.75) is 17.6 Å². The molecule has 2 heterocycles. The Morgan fingerprint density at radius 3 is 2.45 bits per heavy atom. The molecule has 1 aliphatic rings. The molecule has 0 radical (unpaired) electrons. The lowest BCUT2D eigenvalue weighted by atomic mass is 10.2. The van der Waals surface area contributed by atoms with Crippen LogP contribution in [0.25, 0.3) is 6.08 Å². The number of piperazine rings is 1. The average molecular weight is 484 g/mol. The number of sulfonamides is 1. The molecule has 9 heteroatoms. The van der Waals surface area contributed by atoms with Crippen LogP contribution in [0.15, 0.2) is 75.5 Å². The van der Waals surface area contributed by atoms with E-state index in [0.29, 0.717) is 24.4 Å². The average Bonchev–Trinajstić information content (AvgIpc) is 3.27. The van der Waals surface area contributed by atoms with E-state index in [0.717, 1.165) is 21.9 Å². The van der Waals surface area contributed by atoms with Crippen LogP contribution in [0, 0.1) is 6.92 Å². The van der Waals surface area contributed by atoms with Gasteiger partial charge in [-0.25, -0.2) is 8.42 Å². The Labute approximate surface area is 198 Å². The standard InChI is InChI=1S/C24H25N3O4S2/c1-19-17-21(25-31-19)18-32-23-10-6-5-9-22(23)24(28)26-12-14-27(15-13-26)33(29,30)16-11-20-7-3-2-4-8-20/h2-11,16-17H,12-15,18H2,1H3/b16-11+. The Kier molecular flexibility index (Phi) is 7.32. The van der Waals surface area contributed by atoms with Crippen molar-refractivity contribution in [3.05, 3.63) is 88.7 Å². The van der Waals surface area contributed by atoms with E-state index in [1.807, 2.05) is 67.6 Å². The summed E-state index contributed by atoms with van der Waals surface area (Å²) in [6.45, 7) is 3.06. The van der Waals surface area contributed by atoms with Gasteiger partial charge in [-0.2, -0.15) is 4.31 Å². The predicted molar refractivity (Wildman–Crippen MR) is 129 cm³/mol. The number of aromatic nitrogens is 1. The lowest BCUT2D eigenvalue weighted by molar-refractivity contribution is 0.0695. The minimum absolute atomic E-state index is 0.0914. The predicted octanol–water partition coefficient (Wildman–Crippen LogP) is 4.03. The molecular formula is C24H25N3O4S2. The van der Waals surface area contributed by atoms with Crippen molar-refractivity contribution >= 4 is 33.8 Å². The summed E-state index contributed by atoms with van der Waals surface area (Å²) in [7, 11) is -3.55. The van der Waals surface area contributed by atoms with Gasteiger partial charge < -0.3 is 9.42 Å². The van der Waals surface area contributed by atoms with Crippen molar-refractivity contribution in [2.24, 2.45) is 0 Å². The van der Waals surface area contributed by atoms with E-state index in [9.17, 15) is 13.2 Å². The van der Waals surface area contributed by atoms with Gasteiger partial charge in [-0.15, -0.1) is 11.8 Å². The van der Waals surface area contributed by atoms with Crippen molar-refractivity contribution in [3.8, 4) is 0 Å².